The summed E-state index contributed by atoms with van der Waals surface area (Å²) in [6.45, 7) is 4.03. The number of aryl methyl sites for hydroxylation is 1. The SMILES string of the molecule is Cc1[nH]ccc1C(=O)N1c2ccccc2CC1C. The Morgan fingerprint density at radius 1 is 1.33 bits per heavy atom. The number of benzene rings is 1. The number of rotatable bonds is 1. The Balaban J connectivity index is 2.03. The van der Waals surface area contributed by atoms with E-state index in [2.05, 4.69) is 18.0 Å². The highest BCUT2D eigenvalue weighted by molar-refractivity contribution is 6.08. The van der Waals surface area contributed by atoms with Crippen LogP contribution in [0, 0.1) is 6.92 Å². The number of carbonyl (C=O) groups is 1. The maximum atomic E-state index is 12.6. The second-order valence-electron chi connectivity index (χ2n) is 4.87. The molecule has 3 heteroatoms. The van der Waals surface area contributed by atoms with Crippen molar-refractivity contribution in [3.05, 3.63) is 53.3 Å². The van der Waals surface area contributed by atoms with Crippen LogP contribution in [0.1, 0.15) is 28.5 Å². The predicted octanol–water partition coefficient (Wildman–Crippen LogP) is 2.91. The molecule has 0 aliphatic carbocycles. The summed E-state index contributed by atoms with van der Waals surface area (Å²) < 4.78 is 0. The standard InChI is InChI=1S/C15H16N2O/c1-10-9-12-5-3-4-6-14(12)17(10)15(18)13-7-8-16-11(13)2/h3-8,10,16H,9H2,1-2H3. The lowest BCUT2D eigenvalue weighted by molar-refractivity contribution is 0.0981. The van der Waals surface area contributed by atoms with Crippen LogP contribution in [-0.2, 0) is 6.42 Å². The molecule has 92 valence electrons. The second-order valence-corrected chi connectivity index (χ2v) is 4.87. The molecule has 18 heavy (non-hydrogen) atoms. The average molecular weight is 240 g/mol. The van der Waals surface area contributed by atoms with E-state index in [-0.39, 0.29) is 11.9 Å². The monoisotopic (exact) mass is 240 g/mol. The molecule has 1 aromatic carbocycles. The third kappa shape index (κ3) is 1.55. The molecule has 2 aromatic rings. The van der Waals surface area contributed by atoms with Gasteiger partial charge in [0.05, 0.1) is 5.56 Å². The second kappa shape index (κ2) is 4.02. The van der Waals surface area contributed by atoms with Crippen molar-refractivity contribution < 1.29 is 4.79 Å². The van der Waals surface area contributed by atoms with Crippen LogP contribution in [0.25, 0.3) is 0 Å². The van der Waals surface area contributed by atoms with E-state index < -0.39 is 0 Å². The zero-order chi connectivity index (χ0) is 12.7. The molecule has 1 amide bonds. The Morgan fingerprint density at radius 3 is 2.83 bits per heavy atom. The van der Waals surface area contributed by atoms with Gasteiger partial charge in [0.15, 0.2) is 0 Å². The Bertz CT molecular complexity index is 600. The lowest BCUT2D eigenvalue weighted by atomic mass is 10.1. The topological polar surface area (TPSA) is 36.1 Å². The van der Waals surface area contributed by atoms with Gasteiger partial charge in [-0.1, -0.05) is 18.2 Å². The van der Waals surface area contributed by atoms with Gasteiger partial charge >= 0.3 is 0 Å². The number of hydrogen-bond acceptors (Lipinski definition) is 1. The first-order chi connectivity index (χ1) is 8.68. The van der Waals surface area contributed by atoms with Crippen LogP contribution in [-0.4, -0.2) is 16.9 Å². The van der Waals surface area contributed by atoms with E-state index in [9.17, 15) is 4.79 Å². The minimum absolute atomic E-state index is 0.0891. The number of carbonyl (C=O) groups excluding carboxylic acids is 1. The molecule has 0 fully saturated rings. The van der Waals surface area contributed by atoms with Gasteiger partial charge in [0.2, 0.25) is 0 Å². The number of hydrogen-bond donors (Lipinski definition) is 1. The molecule has 1 aliphatic rings. The minimum atomic E-state index is 0.0891. The molecule has 0 spiro atoms. The Morgan fingerprint density at radius 2 is 2.11 bits per heavy atom. The Labute approximate surface area is 106 Å². The number of H-pyrrole nitrogens is 1. The number of nitrogens with one attached hydrogen (secondary N) is 1. The molecule has 0 saturated carbocycles. The third-order valence-electron chi connectivity index (χ3n) is 3.61. The highest BCUT2D eigenvalue weighted by Gasteiger charge is 2.31. The van der Waals surface area contributed by atoms with Gasteiger partial charge < -0.3 is 9.88 Å². The fraction of sp³-hybridized carbons (Fsp3) is 0.267. The molecule has 0 bridgehead atoms. The maximum absolute atomic E-state index is 12.6. The normalized spacial score (nSPS) is 17.9. The van der Waals surface area contributed by atoms with Crippen molar-refractivity contribution in [3.63, 3.8) is 0 Å². The van der Waals surface area contributed by atoms with Gasteiger partial charge in [0, 0.05) is 23.6 Å². The molecule has 2 heterocycles. The fourth-order valence-corrected chi connectivity index (χ4v) is 2.69. The van der Waals surface area contributed by atoms with E-state index in [0.29, 0.717) is 0 Å². The number of para-hydroxylation sites is 1. The summed E-state index contributed by atoms with van der Waals surface area (Å²) in [5, 5.41) is 0. The fourth-order valence-electron chi connectivity index (χ4n) is 2.69. The number of nitrogens with zero attached hydrogens (tertiary/aromatic N) is 1. The summed E-state index contributed by atoms with van der Waals surface area (Å²) in [5.41, 5.74) is 4.00. The summed E-state index contributed by atoms with van der Waals surface area (Å²) in [7, 11) is 0. The molecule has 3 nitrogen and oxygen atoms in total. The number of fused-ring (bicyclic) bond motifs is 1. The number of aromatic amines is 1. The van der Waals surface area contributed by atoms with Crippen LogP contribution in [0.4, 0.5) is 5.69 Å². The lowest BCUT2D eigenvalue weighted by Gasteiger charge is -2.22. The van der Waals surface area contributed by atoms with Gasteiger partial charge in [-0.05, 0) is 38.0 Å². The summed E-state index contributed by atoms with van der Waals surface area (Å²) in [5.74, 6) is 0.0891. The largest absolute Gasteiger partial charge is 0.365 e. The first-order valence-electron chi connectivity index (χ1n) is 6.24. The van der Waals surface area contributed by atoms with Crippen molar-refractivity contribution in [2.24, 2.45) is 0 Å². The van der Waals surface area contributed by atoms with Crippen LogP contribution in [0.3, 0.4) is 0 Å². The van der Waals surface area contributed by atoms with Crippen molar-refractivity contribution in [2.45, 2.75) is 26.3 Å². The summed E-state index contributed by atoms with van der Waals surface area (Å²) >= 11 is 0. The molecular formula is C15H16N2O. The summed E-state index contributed by atoms with van der Waals surface area (Å²) in [6, 6.07) is 10.2. The molecule has 1 N–H and O–H groups in total. The minimum Gasteiger partial charge on any atom is -0.365 e. The van der Waals surface area contributed by atoms with Gasteiger partial charge in [-0.15, -0.1) is 0 Å². The Hall–Kier alpha value is -2.03. The molecule has 1 unspecified atom stereocenters. The molecule has 1 aliphatic heterocycles. The zero-order valence-electron chi connectivity index (χ0n) is 10.6. The highest BCUT2D eigenvalue weighted by atomic mass is 16.2. The number of amides is 1. The number of aromatic nitrogens is 1. The van der Waals surface area contributed by atoms with E-state index in [1.807, 2.05) is 42.3 Å². The van der Waals surface area contributed by atoms with Crippen molar-refractivity contribution in [2.75, 3.05) is 4.90 Å². The molecule has 1 atom stereocenters. The van der Waals surface area contributed by atoms with Crippen LogP contribution >= 0.6 is 0 Å². The van der Waals surface area contributed by atoms with Gasteiger partial charge in [-0.3, -0.25) is 4.79 Å². The van der Waals surface area contributed by atoms with E-state index in [4.69, 9.17) is 0 Å². The van der Waals surface area contributed by atoms with E-state index >= 15 is 0 Å². The smallest absolute Gasteiger partial charge is 0.260 e. The quantitative estimate of drug-likeness (QED) is 0.817. The first-order valence-corrected chi connectivity index (χ1v) is 6.24. The van der Waals surface area contributed by atoms with Crippen molar-refractivity contribution >= 4 is 11.6 Å². The van der Waals surface area contributed by atoms with Gasteiger partial charge in [0.1, 0.15) is 0 Å². The first kappa shape index (κ1) is 11.1. The Kier molecular flexibility index (Phi) is 2.47. The van der Waals surface area contributed by atoms with E-state index in [1.54, 1.807) is 0 Å². The molecule has 1 aromatic heterocycles. The summed E-state index contributed by atoms with van der Waals surface area (Å²) in [6.07, 6.45) is 2.75. The molecular weight excluding hydrogens is 224 g/mol. The van der Waals surface area contributed by atoms with Gasteiger partial charge in [-0.2, -0.15) is 0 Å². The lowest BCUT2D eigenvalue weighted by Crippen LogP contribution is -2.35. The van der Waals surface area contributed by atoms with Crippen molar-refractivity contribution in [3.8, 4) is 0 Å². The maximum Gasteiger partial charge on any atom is 0.260 e. The average Bonchev–Trinajstić information content (AvgIpc) is 2.91. The zero-order valence-corrected chi connectivity index (χ0v) is 10.6. The van der Waals surface area contributed by atoms with Crippen LogP contribution in [0.15, 0.2) is 36.5 Å². The molecule has 3 rings (SSSR count). The third-order valence-corrected chi connectivity index (χ3v) is 3.61. The number of anilines is 1. The van der Waals surface area contributed by atoms with E-state index in [0.717, 1.165) is 23.4 Å². The molecule has 0 saturated heterocycles. The van der Waals surface area contributed by atoms with E-state index in [1.165, 1.54) is 5.56 Å². The predicted molar refractivity (Wildman–Crippen MR) is 71.9 cm³/mol. The van der Waals surface area contributed by atoms with Gasteiger partial charge in [0.25, 0.3) is 5.91 Å². The summed E-state index contributed by atoms with van der Waals surface area (Å²) in [4.78, 5) is 17.6. The van der Waals surface area contributed by atoms with Crippen molar-refractivity contribution in [1.29, 1.82) is 0 Å². The van der Waals surface area contributed by atoms with Gasteiger partial charge in [-0.25, -0.2) is 0 Å². The van der Waals surface area contributed by atoms with Crippen molar-refractivity contribution in [1.82, 2.24) is 4.98 Å². The molecule has 0 radical (unpaired) electrons. The highest BCUT2D eigenvalue weighted by Crippen LogP contribution is 2.33. The van der Waals surface area contributed by atoms with Crippen LogP contribution in [0.5, 0.6) is 0 Å². The van der Waals surface area contributed by atoms with Crippen LogP contribution in [0.2, 0.25) is 0 Å². The van der Waals surface area contributed by atoms with Crippen LogP contribution < -0.4 is 4.90 Å².